The lowest BCUT2D eigenvalue weighted by Gasteiger charge is -2.13. The van der Waals surface area contributed by atoms with E-state index < -0.39 is 0 Å². The van der Waals surface area contributed by atoms with Crippen molar-refractivity contribution in [3.8, 4) is 67.7 Å². The summed E-state index contributed by atoms with van der Waals surface area (Å²) in [5.74, 6) is 1.85. The van der Waals surface area contributed by atoms with E-state index >= 15 is 0 Å². The van der Waals surface area contributed by atoms with Crippen molar-refractivity contribution in [2.45, 2.75) is 0 Å². The highest BCUT2D eigenvalue weighted by Gasteiger charge is 2.16. The van der Waals surface area contributed by atoms with Crippen molar-refractivity contribution in [2.75, 3.05) is 0 Å². The molecule has 0 saturated carbocycles. The van der Waals surface area contributed by atoms with Crippen LogP contribution in [0.4, 0.5) is 0 Å². The molecule has 216 valence electrons. The van der Waals surface area contributed by atoms with Gasteiger partial charge in [-0.2, -0.15) is 0 Å². The fourth-order valence-corrected chi connectivity index (χ4v) is 5.83. The van der Waals surface area contributed by atoms with Gasteiger partial charge in [-0.1, -0.05) is 146 Å². The maximum Gasteiger partial charge on any atom is 0.164 e. The Labute approximate surface area is 267 Å². The second kappa shape index (κ2) is 12.0. The summed E-state index contributed by atoms with van der Waals surface area (Å²) in [6, 6.07) is 56.1. The number of hydrogen-bond donors (Lipinski definition) is 0. The fourth-order valence-electron chi connectivity index (χ4n) is 5.83. The van der Waals surface area contributed by atoms with E-state index in [0.29, 0.717) is 17.5 Å². The summed E-state index contributed by atoms with van der Waals surface area (Å²) < 4.78 is 0. The predicted molar refractivity (Wildman–Crippen MR) is 188 cm³/mol. The highest BCUT2D eigenvalue weighted by molar-refractivity contribution is 5.86. The van der Waals surface area contributed by atoms with Crippen LogP contribution in [-0.4, -0.2) is 19.9 Å². The Bertz CT molecular complexity index is 2310. The van der Waals surface area contributed by atoms with Gasteiger partial charge in [0, 0.05) is 33.8 Å². The summed E-state index contributed by atoms with van der Waals surface area (Å²) in [5.41, 5.74) is 9.10. The topological polar surface area (TPSA) is 51.6 Å². The number of pyridine rings is 1. The van der Waals surface area contributed by atoms with Gasteiger partial charge in [-0.05, 0) is 45.8 Å². The molecule has 8 aromatic rings. The normalized spacial score (nSPS) is 11.0. The van der Waals surface area contributed by atoms with Gasteiger partial charge >= 0.3 is 0 Å². The lowest BCUT2D eigenvalue weighted by molar-refractivity contribution is 1.07. The molecule has 0 bridgehead atoms. The van der Waals surface area contributed by atoms with E-state index in [1.54, 1.807) is 0 Å². The first-order chi connectivity index (χ1) is 22.8. The first-order valence-electron chi connectivity index (χ1n) is 15.3. The Hall–Kier alpha value is -6.26. The molecule has 0 aliphatic rings. The van der Waals surface area contributed by atoms with Crippen LogP contribution in [0, 0.1) is 0 Å². The summed E-state index contributed by atoms with van der Waals surface area (Å²) in [5, 5.41) is 2.27. The molecule has 2 aromatic heterocycles. The minimum absolute atomic E-state index is 0.607. The van der Waals surface area contributed by atoms with Gasteiger partial charge < -0.3 is 0 Å². The summed E-state index contributed by atoms with van der Waals surface area (Å²) in [6.45, 7) is 0. The molecule has 4 heteroatoms. The van der Waals surface area contributed by atoms with Crippen molar-refractivity contribution in [3.63, 3.8) is 0 Å². The molecule has 0 saturated heterocycles. The van der Waals surface area contributed by atoms with Gasteiger partial charge in [0.25, 0.3) is 0 Å². The molecule has 8 rings (SSSR count). The third-order valence-corrected chi connectivity index (χ3v) is 8.16. The first kappa shape index (κ1) is 27.3. The third-order valence-electron chi connectivity index (χ3n) is 8.16. The maximum absolute atomic E-state index is 5.11. The lowest BCUT2D eigenvalue weighted by atomic mass is 9.99. The quantitative estimate of drug-likeness (QED) is 0.194. The first-order valence-corrected chi connectivity index (χ1v) is 15.3. The van der Waals surface area contributed by atoms with E-state index in [1.807, 2.05) is 36.5 Å². The standard InChI is InChI=1S/C42H28N4/c1-3-13-29(14-4-1)31-19-11-21-34(25-31)40-44-41(46-42(45-40)38-24-10-9-23-37(38)30-15-5-2-6-16-30)35-22-12-20-33(26-35)39-27-32-17-7-8-18-36(32)28-43-39/h1-28H. The number of rotatable bonds is 6. The van der Waals surface area contributed by atoms with Gasteiger partial charge in [0.05, 0.1) is 5.69 Å². The highest BCUT2D eigenvalue weighted by atomic mass is 15.0. The number of aromatic nitrogens is 4. The van der Waals surface area contributed by atoms with Crippen LogP contribution in [0.2, 0.25) is 0 Å². The Morgan fingerprint density at radius 1 is 0.304 bits per heavy atom. The highest BCUT2D eigenvalue weighted by Crippen LogP contribution is 2.34. The molecule has 0 amide bonds. The van der Waals surface area contributed by atoms with Crippen LogP contribution in [-0.2, 0) is 0 Å². The van der Waals surface area contributed by atoms with E-state index in [9.17, 15) is 0 Å². The average Bonchev–Trinajstić information content (AvgIpc) is 3.15. The molecule has 0 aliphatic heterocycles. The fraction of sp³-hybridized carbons (Fsp3) is 0. The number of hydrogen-bond acceptors (Lipinski definition) is 4. The molecule has 2 heterocycles. The third kappa shape index (κ3) is 5.44. The molecular weight excluding hydrogens is 560 g/mol. The molecule has 0 fully saturated rings. The molecule has 6 aromatic carbocycles. The summed E-state index contributed by atoms with van der Waals surface area (Å²) in [4.78, 5) is 20.1. The molecule has 0 atom stereocenters. The second-order valence-corrected chi connectivity index (χ2v) is 11.2. The van der Waals surface area contributed by atoms with Crippen LogP contribution < -0.4 is 0 Å². The Balaban J connectivity index is 1.30. The SMILES string of the molecule is c1ccc(-c2cccc(-c3nc(-c4cccc(-c5cc6ccccc6cn5)c4)nc(-c4ccccc4-c4ccccc4)n3)c2)cc1. The Morgan fingerprint density at radius 2 is 0.804 bits per heavy atom. The van der Waals surface area contributed by atoms with Crippen LogP contribution in [0.25, 0.3) is 78.4 Å². The van der Waals surface area contributed by atoms with Crippen LogP contribution >= 0.6 is 0 Å². The van der Waals surface area contributed by atoms with Crippen LogP contribution in [0.5, 0.6) is 0 Å². The second-order valence-electron chi connectivity index (χ2n) is 11.2. The van der Waals surface area contributed by atoms with Crippen molar-refractivity contribution in [1.82, 2.24) is 19.9 Å². The van der Waals surface area contributed by atoms with Crippen LogP contribution in [0.1, 0.15) is 0 Å². The zero-order valence-corrected chi connectivity index (χ0v) is 25.0. The summed E-state index contributed by atoms with van der Waals surface area (Å²) in [6.07, 6.45) is 1.93. The van der Waals surface area contributed by atoms with E-state index in [0.717, 1.165) is 61.0 Å². The molecule has 0 radical (unpaired) electrons. The number of nitrogens with zero attached hydrogens (tertiary/aromatic N) is 4. The largest absolute Gasteiger partial charge is 0.256 e. The Morgan fingerprint density at radius 3 is 1.52 bits per heavy atom. The number of fused-ring (bicyclic) bond motifs is 1. The van der Waals surface area contributed by atoms with Gasteiger partial charge in [0.15, 0.2) is 17.5 Å². The van der Waals surface area contributed by atoms with E-state index in [1.165, 1.54) is 0 Å². The van der Waals surface area contributed by atoms with E-state index in [4.69, 9.17) is 19.9 Å². The van der Waals surface area contributed by atoms with Crippen molar-refractivity contribution in [2.24, 2.45) is 0 Å². The van der Waals surface area contributed by atoms with E-state index in [-0.39, 0.29) is 0 Å². The van der Waals surface area contributed by atoms with Crippen LogP contribution in [0.3, 0.4) is 0 Å². The lowest BCUT2D eigenvalue weighted by Crippen LogP contribution is -2.01. The molecule has 0 aliphatic carbocycles. The van der Waals surface area contributed by atoms with Crippen molar-refractivity contribution in [3.05, 3.63) is 170 Å². The monoisotopic (exact) mass is 588 g/mol. The predicted octanol–water partition coefficient (Wildman–Crippen LogP) is 10.4. The molecule has 0 unspecified atom stereocenters. The zero-order valence-electron chi connectivity index (χ0n) is 25.0. The van der Waals surface area contributed by atoms with Gasteiger partial charge in [-0.3, -0.25) is 4.98 Å². The average molecular weight is 589 g/mol. The molecular formula is C42H28N4. The number of benzene rings is 6. The maximum atomic E-state index is 5.11. The minimum atomic E-state index is 0.607. The molecule has 4 nitrogen and oxygen atoms in total. The summed E-state index contributed by atoms with van der Waals surface area (Å²) in [7, 11) is 0. The zero-order chi connectivity index (χ0) is 30.7. The van der Waals surface area contributed by atoms with Crippen molar-refractivity contribution >= 4 is 10.8 Å². The van der Waals surface area contributed by atoms with Gasteiger partial charge in [-0.25, -0.2) is 15.0 Å². The van der Waals surface area contributed by atoms with Gasteiger partial charge in [0.2, 0.25) is 0 Å². The Kier molecular flexibility index (Phi) is 7.14. The summed E-state index contributed by atoms with van der Waals surface area (Å²) >= 11 is 0. The van der Waals surface area contributed by atoms with E-state index in [2.05, 4.69) is 133 Å². The van der Waals surface area contributed by atoms with Gasteiger partial charge in [0.1, 0.15) is 0 Å². The van der Waals surface area contributed by atoms with Crippen molar-refractivity contribution in [1.29, 1.82) is 0 Å². The molecule has 46 heavy (non-hydrogen) atoms. The van der Waals surface area contributed by atoms with Crippen molar-refractivity contribution < 1.29 is 0 Å². The smallest absolute Gasteiger partial charge is 0.164 e. The van der Waals surface area contributed by atoms with Gasteiger partial charge in [-0.15, -0.1) is 0 Å². The minimum Gasteiger partial charge on any atom is -0.256 e. The molecule has 0 N–H and O–H groups in total. The molecule has 0 spiro atoms. The van der Waals surface area contributed by atoms with Crippen LogP contribution in [0.15, 0.2) is 170 Å².